The van der Waals surface area contributed by atoms with Gasteiger partial charge in [-0.15, -0.1) is 0 Å². The smallest absolute Gasteiger partial charge is 0.344 e. The van der Waals surface area contributed by atoms with Gasteiger partial charge >= 0.3 is 5.97 Å². The van der Waals surface area contributed by atoms with E-state index < -0.39 is 30.8 Å². The molecule has 2 rings (SSSR count). The third-order valence-corrected chi connectivity index (χ3v) is 3.92. The first-order valence-electron chi connectivity index (χ1n) is 7.01. The first-order valence-corrected chi connectivity index (χ1v) is 8.18. The second-order valence-electron chi connectivity index (χ2n) is 4.79. The lowest BCUT2D eigenvalue weighted by molar-refractivity contribution is -0.144. The van der Waals surface area contributed by atoms with Crippen LogP contribution in [-0.4, -0.2) is 32.1 Å². The molecule has 0 N–H and O–H groups in total. The van der Waals surface area contributed by atoms with Gasteiger partial charge in [0.2, 0.25) is 5.78 Å². The molecule has 132 valence electrons. The lowest BCUT2D eigenvalue weighted by Gasteiger charge is -2.10. The molecule has 0 unspecified atom stereocenters. The molecule has 0 atom stereocenters. The Hall–Kier alpha value is -2.12. The van der Waals surface area contributed by atoms with Crippen LogP contribution in [0.1, 0.15) is 10.4 Å². The van der Waals surface area contributed by atoms with Crippen LogP contribution in [0.4, 0.5) is 4.39 Å². The average molecular weight is 432 g/mol. The quantitative estimate of drug-likeness (QED) is 0.489. The van der Waals surface area contributed by atoms with Crippen molar-refractivity contribution in [2.24, 2.45) is 0 Å². The van der Waals surface area contributed by atoms with Gasteiger partial charge in [0.25, 0.3) is 0 Å². The van der Waals surface area contributed by atoms with E-state index >= 15 is 0 Å². The molecule has 0 radical (unpaired) electrons. The zero-order chi connectivity index (χ0) is 18.4. The molecule has 0 saturated carbocycles. The summed E-state index contributed by atoms with van der Waals surface area (Å²) in [6.07, 6.45) is 0. The molecular weight excluding hydrogens is 419 g/mol. The lowest BCUT2D eigenvalue weighted by atomic mass is 10.1. The molecule has 25 heavy (non-hydrogen) atoms. The van der Waals surface area contributed by atoms with Crippen LogP contribution in [-0.2, 0) is 9.53 Å². The van der Waals surface area contributed by atoms with Crippen molar-refractivity contribution >= 4 is 39.3 Å². The van der Waals surface area contributed by atoms with Crippen molar-refractivity contribution in [3.05, 3.63) is 57.3 Å². The van der Waals surface area contributed by atoms with Crippen molar-refractivity contribution in [2.45, 2.75) is 0 Å². The molecule has 0 heterocycles. The molecule has 0 saturated heterocycles. The number of ether oxygens (including phenoxy) is 3. The monoisotopic (exact) mass is 430 g/mol. The molecule has 0 bridgehead atoms. The predicted molar refractivity (Wildman–Crippen MR) is 92.9 cm³/mol. The zero-order valence-corrected chi connectivity index (χ0v) is 15.4. The van der Waals surface area contributed by atoms with Crippen molar-refractivity contribution in [1.29, 1.82) is 0 Å². The number of rotatable bonds is 7. The summed E-state index contributed by atoms with van der Waals surface area (Å²) in [4.78, 5) is 23.8. The van der Waals surface area contributed by atoms with E-state index in [0.717, 1.165) is 6.07 Å². The third-order valence-electron chi connectivity index (χ3n) is 3.07. The van der Waals surface area contributed by atoms with E-state index in [-0.39, 0.29) is 11.3 Å². The minimum absolute atomic E-state index is 0.00309. The highest BCUT2D eigenvalue weighted by molar-refractivity contribution is 9.10. The minimum atomic E-state index is -0.745. The van der Waals surface area contributed by atoms with Gasteiger partial charge in [0.1, 0.15) is 17.3 Å². The van der Waals surface area contributed by atoms with Gasteiger partial charge in [0.05, 0.1) is 17.1 Å². The van der Waals surface area contributed by atoms with Crippen LogP contribution < -0.4 is 9.47 Å². The van der Waals surface area contributed by atoms with Gasteiger partial charge in [-0.05, 0) is 52.3 Å². The summed E-state index contributed by atoms with van der Waals surface area (Å²) in [5.74, 6) is -1.32. The van der Waals surface area contributed by atoms with Crippen molar-refractivity contribution in [3.63, 3.8) is 0 Å². The van der Waals surface area contributed by atoms with Crippen LogP contribution in [0, 0.1) is 5.82 Å². The Bertz CT molecular complexity index is 797. The van der Waals surface area contributed by atoms with Crippen molar-refractivity contribution < 1.29 is 28.2 Å². The van der Waals surface area contributed by atoms with Gasteiger partial charge in [0, 0.05) is 5.02 Å². The number of halogens is 3. The van der Waals surface area contributed by atoms with Crippen LogP contribution in [0.2, 0.25) is 5.02 Å². The summed E-state index contributed by atoms with van der Waals surface area (Å²) in [5.41, 5.74) is -0.00309. The molecule has 0 aromatic heterocycles. The maximum Gasteiger partial charge on any atom is 0.344 e. The van der Waals surface area contributed by atoms with E-state index in [1.807, 2.05) is 0 Å². The molecule has 0 aliphatic carbocycles. The summed E-state index contributed by atoms with van der Waals surface area (Å²) in [6, 6.07) is 8.32. The molecule has 5 nitrogen and oxygen atoms in total. The number of esters is 1. The molecule has 0 fully saturated rings. The Labute approximate surface area is 156 Å². The van der Waals surface area contributed by atoms with Crippen LogP contribution in [0.15, 0.2) is 40.9 Å². The van der Waals surface area contributed by atoms with E-state index in [9.17, 15) is 14.0 Å². The van der Waals surface area contributed by atoms with Crippen LogP contribution in [0.5, 0.6) is 11.5 Å². The number of benzene rings is 2. The Kier molecular flexibility index (Phi) is 6.78. The highest BCUT2D eigenvalue weighted by Crippen LogP contribution is 2.28. The molecule has 0 aliphatic heterocycles. The Morgan fingerprint density at radius 1 is 1.12 bits per heavy atom. The van der Waals surface area contributed by atoms with E-state index in [1.165, 1.54) is 19.2 Å². The molecular formula is C17H13BrClFO5. The summed E-state index contributed by atoms with van der Waals surface area (Å²) in [6.45, 7) is -0.947. The van der Waals surface area contributed by atoms with E-state index in [0.29, 0.717) is 15.2 Å². The molecule has 0 spiro atoms. The van der Waals surface area contributed by atoms with Gasteiger partial charge in [-0.25, -0.2) is 9.18 Å². The summed E-state index contributed by atoms with van der Waals surface area (Å²) in [7, 11) is 1.36. The highest BCUT2D eigenvalue weighted by Gasteiger charge is 2.16. The molecule has 0 amide bonds. The van der Waals surface area contributed by atoms with Gasteiger partial charge in [-0.2, -0.15) is 0 Å². The number of methoxy groups -OCH3 is 1. The molecule has 0 aliphatic rings. The number of ketones is 1. The largest absolute Gasteiger partial charge is 0.496 e. The average Bonchev–Trinajstić information content (AvgIpc) is 2.58. The number of carbonyl (C=O) groups is 2. The van der Waals surface area contributed by atoms with Crippen molar-refractivity contribution in [1.82, 2.24) is 0 Å². The van der Waals surface area contributed by atoms with Gasteiger partial charge in [-0.1, -0.05) is 11.6 Å². The normalized spacial score (nSPS) is 10.2. The summed E-state index contributed by atoms with van der Waals surface area (Å²) in [5, 5.41) is 0.511. The van der Waals surface area contributed by atoms with Crippen molar-refractivity contribution in [3.8, 4) is 11.5 Å². The fourth-order valence-electron chi connectivity index (χ4n) is 1.89. The molecule has 8 heteroatoms. The first-order chi connectivity index (χ1) is 11.9. The topological polar surface area (TPSA) is 61.8 Å². The Morgan fingerprint density at radius 2 is 1.84 bits per heavy atom. The Balaban J connectivity index is 1.89. The van der Waals surface area contributed by atoms with Gasteiger partial charge in [0.15, 0.2) is 13.2 Å². The number of carbonyl (C=O) groups excluding carboxylic acids is 2. The maximum atomic E-state index is 13.3. The van der Waals surface area contributed by atoms with Gasteiger partial charge < -0.3 is 14.2 Å². The molecule has 2 aromatic carbocycles. The first kappa shape index (κ1) is 19.2. The fourth-order valence-corrected chi connectivity index (χ4v) is 2.69. The number of Topliss-reactive ketones (excluding diaryl/α,β-unsaturated/α-hetero) is 1. The maximum absolute atomic E-state index is 13.3. The fraction of sp³-hybridized carbons (Fsp3) is 0.176. The lowest BCUT2D eigenvalue weighted by Crippen LogP contribution is -2.20. The van der Waals surface area contributed by atoms with Crippen molar-refractivity contribution in [2.75, 3.05) is 20.3 Å². The summed E-state index contributed by atoms with van der Waals surface area (Å²) < 4.78 is 29.0. The summed E-state index contributed by atoms with van der Waals surface area (Å²) >= 11 is 9.05. The predicted octanol–water partition coefficient (Wildman–Crippen LogP) is 4.06. The second kappa shape index (κ2) is 8.82. The highest BCUT2D eigenvalue weighted by atomic mass is 79.9. The van der Waals surface area contributed by atoms with E-state index in [2.05, 4.69) is 15.9 Å². The SMILES string of the molecule is COc1ccc(F)cc1C(=O)COC(=O)COc1ccc(Cl)cc1Br. The number of hydrogen-bond donors (Lipinski definition) is 0. The van der Waals surface area contributed by atoms with Crippen LogP contribution >= 0.6 is 27.5 Å². The zero-order valence-electron chi connectivity index (χ0n) is 13.1. The van der Waals surface area contributed by atoms with Crippen LogP contribution in [0.3, 0.4) is 0 Å². The third kappa shape index (κ3) is 5.44. The van der Waals surface area contributed by atoms with Gasteiger partial charge in [-0.3, -0.25) is 4.79 Å². The van der Waals surface area contributed by atoms with E-state index in [4.69, 9.17) is 25.8 Å². The minimum Gasteiger partial charge on any atom is -0.496 e. The number of hydrogen-bond acceptors (Lipinski definition) is 5. The second-order valence-corrected chi connectivity index (χ2v) is 6.08. The van der Waals surface area contributed by atoms with Crippen LogP contribution in [0.25, 0.3) is 0 Å². The molecule has 2 aromatic rings. The van der Waals surface area contributed by atoms with E-state index in [1.54, 1.807) is 18.2 Å². The standard InChI is InChI=1S/C17H13BrClFO5/c1-23-15-5-3-11(20)7-12(15)14(21)8-25-17(22)9-24-16-4-2-10(19)6-13(16)18/h2-7H,8-9H2,1H3. The Morgan fingerprint density at radius 3 is 2.52 bits per heavy atom.